The molecule has 0 unspecified atom stereocenters. The number of hydrogen-bond acceptors (Lipinski definition) is 4. The number of benzene rings is 2. The molecule has 1 amide bonds. The number of nitrogens with one attached hydrogen (secondary N) is 1. The first-order valence-electron chi connectivity index (χ1n) is 10.4. The lowest BCUT2D eigenvalue weighted by Gasteiger charge is -2.08. The zero-order chi connectivity index (χ0) is 21.9. The summed E-state index contributed by atoms with van der Waals surface area (Å²) in [6.07, 6.45) is 5.15. The Morgan fingerprint density at radius 2 is 1.72 bits per heavy atom. The minimum Gasteiger partial charge on any atom is -0.348 e. The standard InChI is InChI=1S/C25H22N6O/c1-18-21(15-29-31(18)24-8-4-5-13-26-24)25(32)27-14-19-9-11-20(12-10-19)16-30-17-28-22-6-2-3-7-23(22)30/h2-13,15,17H,14,16H2,1H3,(H,27,32). The molecule has 0 aliphatic heterocycles. The smallest absolute Gasteiger partial charge is 0.255 e. The zero-order valence-corrected chi connectivity index (χ0v) is 17.6. The maximum atomic E-state index is 12.7. The normalized spacial score (nSPS) is 11.0. The Hall–Kier alpha value is -4.26. The van der Waals surface area contributed by atoms with Gasteiger partial charge in [-0.2, -0.15) is 5.10 Å². The van der Waals surface area contributed by atoms with E-state index < -0.39 is 0 Å². The van der Waals surface area contributed by atoms with Gasteiger partial charge in [0, 0.05) is 19.3 Å². The van der Waals surface area contributed by atoms with Gasteiger partial charge in [0.15, 0.2) is 5.82 Å². The summed E-state index contributed by atoms with van der Waals surface area (Å²) >= 11 is 0. The number of para-hydroxylation sites is 2. The van der Waals surface area contributed by atoms with E-state index >= 15 is 0 Å². The third kappa shape index (κ3) is 3.88. The van der Waals surface area contributed by atoms with Crippen LogP contribution in [0.15, 0.2) is 85.5 Å². The maximum absolute atomic E-state index is 12.7. The molecule has 7 heteroatoms. The molecule has 0 aliphatic rings. The fourth-order valence-electron chi connectivity index (χ4n) is 3.72. The molecule has 0 saturated carbocycles. The van der Waals surface area contributed by atoms with Gasteiger partial charge in [0.25, 0.3) is 5.91 Å². The Bertz CT molecular complexity index is 1370. The lowest BCUT2D eigenvalue weighted by molar-refractivity contribution is 0.0950. The van der Waals surface area contributed by atoms with Crippen LogP contribution in [-0.4, -0.2) is 30.2 Å². The summed E-state index contributed by atoms with van der Waals surface area (Å²) in [6, 6.07) is 21.9. The highest BCUT2D eigenvalue weighted by Gasteiger charge is 2.15. The molecule has 158 valence electrons. The van der Waals surface area contributed by atoms with Crippen molar-refractivity contribution in [2.24, 2.45) is 0 Å². The van der Waals surface area contributed by atoms with E-state index in [1.807, 2.05) is 61.8 Å². The molecule has 0 aliphatic carbocycles. The number of nitrogens with zero attached hydrogens (tertiary/aromatic N) is 5. The number of fused-ring (bicyclic) bond motifs is 1. The van der Waals surface area contributed by atoms with Crippen LogP contribution in [0.3, 0.4) is 0 Å². The van der Waals surface area contributed by atoms with Crippen LogP contribution >= 0.6 is 0 Å². The Labute approximate surface area is 185 Å². The first-order chi connectivity index (χ1) is 15.7. The van der Waals surface area contributed by atoms with Crippen LogP contribution in [0.25, 0.3) is 16.9 Å². The molecule has 0 bridgehead atoms. The minimum atomic E-state index is -0.154. The van der Waals surface area contributed by atoms with Gasteiger partial charge in [-0.15, -0.1) is 0 Å². The number of hydrogen-bond donors (Lipinski definition) is 1. The van der Waals surface area contributed by atoms with Crippen molar-refractivity contribution in [3.05, 3.63) is 108 Å². The third-order valence-electron chi connectivity index (χ3n) is 5.48. The van der Waals surface area contributed by atoms with Crippen LogP contribution in [0.2, 0.25) is 0 Å². The van der Waals surface area contributed by atoms with Crippen LogP contribution in [0.4, 0.5) is 0 Å². The van der Waals surface area contributed by atoms with Crippen molar-refractivity contribution in [2.45, 2.75) is 20.0 Å². The monoisotopic (exact) mass is 422 g/mol. The van der Waals surface area contributed by atoms with Crippen molar-refractivity contribution in [1.82, 2.24) is 29.6 Å². The average Bonchev–Trinajstić information content (AvgIpc) is 3.42. The summed E-state index contributed by atoms with van der Waals surface area (Å²) in [6.45, 7) is 3.06. The highest BCUT2D eigenvalue weighted by Crippen LogP contribution is 2.15. The first-order valence-corrected chi connectivity index (χ1v) is 10.4. The maximum Gasteiger partial charge on any atom is 0.255 e. The van der Waals surface area contributed by atoms with E-state index in [0.717, 1.165) is 28.8 Å². The topological polar surface area (TPSA) is 77.6 Å². The number of rotatable bonds is 6. The van der Waals surface area contributed by atoms with E-state index in [2.05, 4.69) is 43.1 Å². The van der Waals surface area contributed by atoms with E-state index in [0.29, 0.717) is 17.9 Å². The summed E-state index contributed by atoms with van der Waals surface area (Å²) in [7, 11) is 0. The van der Waals surface area contributed by atoms with Crippen LogP contribution in [0, 0.1) is 6.92 Å². The first kappa shape index (κ1) is 19.7. The molecule has 0 saturated heterocycles. The molecular weight excluding hydrogens is 400 g/mol. The second-order valence-electron chi connectivity index (χ2n) is 7.60. The van der Waals surface area contributed by atoms with Gasteiger partial charge >= 0.3 is 0 Å². The molecule has 32 heavy (non-hydrogen) atoms. The van der Waals surface area contributed by atoms with Crippen molar-refractivity contribution in [1.29, 1.82) is 0 Å². The van der Waals surface area contributed by atoms with Crippen molar-refractivity contribution < 1.29 is 4.79 Å². The van der Waals surface area contributed by atoms with Gasteiger partial charge in [-0.3, -0.25) is 4.79 Å². The van der Waals surface area contributed by atoms with Crippen LogP contribution in [0.1, 0.15) is 27.2 Å². The average molecular weight is 422 g/mol. The van der Waals surface area contributed by atoms with Crippen molar-refractivity contribution >= 4 is 16.9 Å². The van der Waals surface area contributed by atoms with Gasteiger partial charge in [0.1, 0.15) is 0 Å². The van der Waals surface area contributed by atoms with Crippen molar-refractivity contribution in [2.75, 3.05) is 0 Å². The Balaban J connectivity index is 1.23. The molecule has 7 nitrogen and oxygen atoms in total. The molecule has 3 aromatic heterocycles. The molecule has 0 fully saturated rings. The summed E-state index contributed by atoms with van der Waals surface area (Å²) in [5, 5.41) is 7.30. The molecule has 1 N–H and O–H groups in total. The fraction of sp³-hybridized carbons (Fsp3) is 0.120. The van der Waals surface area contributed by atoms with Gasteiger partial charge in [0.05, 0.1) is 34.8 Å². The molecule has 3 heterocycles. The van der Waals surface area contributed by atoms with E-state index in [-0.39, 0.29) is 5.91 Å². The van der Waals surface area contributed by atoms with Crippen LogP contribution < -0.4 is 5.32 Å². The predicted molar refractivity (Wildman–Crippen MR) is 123 cm³/mol. The summed E-state index contributed by atoms with van der Waals surface area (Å²) in [5.74, 6) is 0.531. The molecular formula is C25H22N6O. The lowest BCUT2D eigenvalue weighted by atomic mass is 10.1. The second kappa shape index (κ2) is 8.47. The summed E-state index contributed by atoms with van der Waals surface area (Å²) < 4.78 is 3.80. The van der Waals surface area contributed by atoms with Gasteiger partial charge < -0.3 is 9.88 Å². The number of amides is 1. The number of imidazole rings is 1. The van der Waals surface area contributed by atoms with Crippen LogP contribution in [0.5, 0.6) is 0 Å². The summed E-state index contributed by atoms with van der Waals surface area (Å²) in [4.78, 5) is 21.4. The highest BCUT2D eigenvalue weighted by molar-refractivity contribution is 5.95. The number of carbonyl (C=O) groups is 1. The minimum absolute atomic E-state index is 0.154. The van der Waals surface area contributed by atoms with Gasteiger partial charge in [-0.25, -0.2) is 14.6 Å². The molecule has 5 rings (SSSR count). The highest BCUT2D eigenvalue weighted by atomic mass is 16.1. The van der Waals surface area contributed by atoms with E-state index in [9.17, 15) is 4.79 Å². The van der Waals surface area contributed by atoms with E-state index in [1.165, 1.54) is 5.56 Å². The molecule has 2 aromatic carbocycles. The molecule has 5 aromatic rings. The van der Waals surface area contributed by atoms with Gasteiger partial charge in [-0.05, 0) is 42.3 Å². The molecule has 0 atom stereocenters. The number of aromatic nitrogens is 5. The SMILES string of the molecule is Cc1c(C(=O)NCc2ccc(Cn3cnc4ccccc43)cc2)cnn1-c1ccccn1. The van der Waals surface area contributed by atoms with Crippen molar-refractivity contribution in [3.8, 4) is 5.82 Å². The Kier molecular flexibility index (Phi) is 5.21. The third-order valence-corrected chi connectivity index (χ3v) is 5.48. The number of pyridine rings is 1. The van der Waals surface area contributed by atoms with Crippen LogP contribution in [-0.2, 0) is 13.1 Å². The molecule has 0 radical (unpaired) electrons. The second-order valence-corrected chi connectivity index (χ2v) is 7.60. The number of carbonyl (C=O) groups excluding carboxylic acids is 1. The van der Waals surface area contributed by atoms with Gasteiger partial charge in [0.2, 0.25) is 0 Å². The van der Waals surface area contributed by atoms with Crippen molar-refractivity contribution in [3.63, 3.8) is 0 Å². The Morgan fingerprint density at radius 1 is 0.938 bits per heavy atom. The van der Waals surface area contributed by atoms with E-state index in [4.69, 9.17) is 0 Å². The molecule has 0 spiro atoms. The quantitative estimate of drug-likeness (QED) is 0.450. The largest absolute Gasteiger partial charge is 0.348 e. The predicted octanol–water partition coefficient (Wildman–Crippen LogP) is 3.90. The summed E-state index contributed by atoms with van der Waals surface area (Å²) in [5.41, 5.74) is 5.62. The van der Waals surface area contributed by atoms with E-state index in [1.54, 1.807) is 17.1 Å². The lowest BCUT2D eigenvalue weighted by Crippen LogP contribution is -2.23. The fourth-order valence-corrected chi connectivity index (χ4v) is 3.72. The zero-order valence-electron chi connectivity index (χ0n) is 17.6. The van der Waals surface area contributed by atoms with Gasteiger partial charge in [-0.1, -0.05) is 42.5 Å². The Morgan fingerprint density at radius 3 is 2.53 bits per heavy atom.